The normalized spacial score (nSPS) is 18.3. The van der Waals surface area contributed by atoms with Crippen LogP contribution in [0.15, 0.2) is 66.9 Å². The predicted octanol–water partition coefficient (Wildman–Crippen LogP) is 5.87. The average Bonchev–Trinajstić information content (AvgIpc) is 3.33. The molecule has 2 aromatic heterocycles. The molecule has 12 heteroatoms. The molecule has 0 spiro atoms. The lowest BCUT2D eigenvalue weighted by atomic mass is 10.0. The van der Waals surface area contributed by atoms with Crippen LogP contribution in [0.2, 0.25) is 0 Å². The maximum absolute atomic E-state index is 13.5. The number of aliphatic hydroxyl groups excluding tert-OH is 1. The molecule has 3 N–H and O–H groups in total. The number of amides is 4. The van der Waals surface area contributed by atoms with Crippen molar-refractivity contribution in [1.29, 1.82) is 0 Å². The van der Waals surface area contributed by atoms with Gasteiger partial charge in [-0.05, 0) is 69.7 Å². The molecule has 0 radical (unpaired) electrons. The number of benzene rings is 2. The number of para-hydroxylation sites is 1. The molecule has 1 saturated heterocycles. The quantitative estimate of drug-likeness (QED) is 0.260. The number of anilines is 3. The molecule has 1 fully saturated rings. The number of hydrogen-bond acceptors (Lipinski definition) is 8. The first-order valence-electron chi connectivity index (χ1n) is 13.9. The lowest BCUT2D eigenvalue weighted by Crippen LogP contribution is -2.55. The van der Waals surface area contributed by atoms with Crippen molar-refractivity contribution in [3.8, 4) is 11.5 Å². The topological polar surface area (TPSA) is 133 Å². The van der Waals surface area contributed by atoms with Crippen LogP contribution in [-0.2, 0) is 4.74 Å². The third-order valence-electron chi connectivity index (χ3n) is 6.94. The fraction of sp³-hybridized carbons (Fsp3) is 0.290. The van der Waals surface area contributed by atoms with Crippen molar-refractivity contribution in [3.63, 3.8) is 0 Å². The van der Waals surface area contributed by atoms with Crippen molar-refractivity contribution in [3.05, 3.63) is 71.7 Å². The third kappa shape index (κ3) is 5.97. The molecule has 0 saturated carbocycles. The van der Waals surface area contributed by atoms with E-state index in [4.69, 9.17) is 9.47 Å². The molecule has 2 unspecified atom stereocenters. The second-order valence-corrected chi connectivity index (χ2v) is 12.4. The summed E-state index contributed by atoms with van der Waals surface area (Å²) in [5.74, 6) is 0.902. The zero-order chi connectivity index (χ0) is 30.3. The van der Waals surface area contributed by atoms with E-state index in [9.17, 15) is 19.5 Å². The van der Waals surface area contributed by atoms with Gasteiger partial charge in [0.25, 0.3) is 5.91 Å². The molecule has 6 rings (SSSR count). The van der Waals surface area contributed by atoms with E-state index >= 15 is 0 Å². The summed E-state index contributed by atoms with van der Waals surface area (Å²) in [5, 5.41) is 16.9. The second kappa shape index (κ2) is 11.2. The first-order chi connectivity index (χ1) is 20.6. The van der Waals surface area contributed by atoms with Crippen LogP contribution in [0.4, 0.5) is 26.7 Å². The summed E-state index contributed by atoms with van der Waals surface area (Å²) in [4.78, 5) is 47.9. The van der Waals surface area contributed by atoms with Gasteiger partial charge in [0.2, 0.25) is 0 Å². The molecule has 222 valence electrons. The highest BCUT2D eigenvalue weighted by atomic mass is 32.1. The number of aliphatic hydroxyl groups is 1. The van der Waals surface area contributed by atoms with E-state index in [0.717, 1.165) is 0 Å². The minimum Gasteiger partial charge on any atom is -0.457 e. The second-order valence-electron chi connectivity index (χ2n) is 11.4. The number of carbonyl (C=O) groups is 3. The summed E-state index contributed by atoms with van der Waals surface area (Å²) in [6, 6.07) is 17.4. The summed E-state index contributed by atoms with van der Waals surface area (Å²) < 4.78 is 11.3. The monoisotopic (exact) mass is 601 g/mol. The number of nitrogens with zero attached hydrogens (tertiary/aromatic N) is 3. The van der Waals surface area contributed by atoms with Gasteiger partial charge in [-0.1, -0.05) is 18.2 Å². The number of pyridine rings is 1. The number of piperidine rings is 1. The summed E-state index contributed by atoms with van der Waals surface area (Å²) in [7, 11) is 0. The Balaban J connectivity index is 1.23. The number of hydrogen-bond donors (Lipinski definition) is 3. The lowest BCUT2D eigenvalue weighted by Gasteiger charge is -2.36. The van der Waals surface area contributed by atoms with Crippen molar-refractivity contribution >= 4 is 56.6 Å². The van der Waals surface area contributed by atoms with Gasteiger partial charge in [-0.3, -0.25) is 9.69 Å². The summed E-state index contributed by atoms with van der Waals surface area (Å²) in [6.07, 6.45) is 0.509. The number of thiophene rings is 1. The fourth-order valence-electron chi connectivity index (χ4n) is 5.19. The number of aromatic nitrogens is 1. The number of carbonyl (C=O) groups excluding carboxylic acids is 3. The van der Waals surface area contributed by atoms with Crippen LogP contribution in [0.25, 0.3) is 10.2 Å². The molecule has 4 amide bonds. The molecule has 0 bridgehead atoms. The smallest absolute Gasteiger partial charge is 0.410 e. The molecule has 43 heavy (non-hydrogen) atoms. The molecule has 11 nitrogen and oxygen atoms in total. The van der Waals surface area contributed by atoms with Crippen LogP contribution in [-0.4, -0.2) is 63.9 Å². The van der Waals surface area contributed by atoms with Crippen LogP contribution < -0.4 is 20.3 Å². The Morgan fingerprint density at radius 2 is 1.77 bits per heavy atom. The Bertz CT molecular complexity index is 1680. The third-order valence-corrected chi connectivity index (χ3v) is 8.04. The van der Waals surface area contributed by atoms with Gasteiger partial charge < -0.3 is 30.1 Å². The largest absolute Gasteiger partial charge is 0.457 e. The maximum atomic E-state index is 13.5. The minimum atomic E-state index is -0.821. The molecular formula is C31H31N5O6S. The summed E-state index contributed by atoms with van der Waals surface area (Å²) in [5.41, 5.74) is 0.908. The molecule has 2 aliphatic rings. The van der Waals surface area contributed by atoms with E-state index in [1.165, 1.54) is 21.1 Å². The lowest BCUT2D eigenvalue weighted by molar-refractivity contribution is -0.00215. The van der Waals surface area contributed by atoms with Crippen molar-refractivity contribution in [2.45, 2.75) is 44.9 Å². The SMILES string of the molecule is CC(C)(C)OC(=O)N1CC(O)CC(NC(=O)c2sc3nccc4c3c2NC(=O)N4c2ccc(Oc3ccccc3)cc2)C1. The van der Waals surface area contributed by atoms with Gasteiger partial charge in [-0.15, -0.1) is 11.3 Å². The standard InChI is InChI=1S/C31H31N5O6S/c1-31(2,3)42-30(40)35-16-18(15-20(37)17-35)33-27(38)26-25-24-23(13-14-32-28(24)43-26)36(29(39)34-25)19-9-11-22(12-10-19)41-21-7-5-4-6-8-21/h4-14,18,20,37H,15-17H2,1-3H3,(H,33,38)(H,34,39). The highest BCUT2D eigenvalue weighted by Crippen LogP contribution is 2.46. The summed E-state index contributed by atoms with van der Waals surface area (Å²) >= 11 is 1.17. The van der Waals surface area contributed by atoms with Gasteiger partial charge in [0.05, 0.1) is 35.1 Å². The molecular weight excluding hydrogens is 570 g/mol. The van der Waals surface area contributed by atoms with Crippen LogP contribution in [0.1, 0.15) is 36.9 Å². The molecule has 4 aromatic rings. The zero-order valence-electron chi connectivity index (χ0n) is 23.9. The van der Waals surface area contributed by atoms with Crippen LogP contribution in [0.5, 0.6) is 11.5 Å². The molecule has 2 aliphatic heterocycles. The minimum absolute atomic E-state index is 0.119. The van der Waals surface area contributed by atoms with Gasteiger partial charge in [0, 0.05) is 18.8 Å². The van der Waals surface area contributed by atoms with Gasteiger partial charge in [0.15, 0.2) is 0 Å². The Kier molecular flexibility index (Phi) is 7.40. The van der Waals surface area contributed by atoms with Crippen molar-refractivity contribution in [2.75, 3.05) is 23.3 Å². The van der Waals surface area contributed by atoms with E-state index in [-0.39, 0.29) is 19.5 Å². The van der Waals surface area contributed by atoms with Gasteiger partial charge >= 0.3 is 12.1 Å². The van der Waals surface area contributed by atoms with E-state index in [1.807, 2.05) is 30.3 Å². The van der Waals surface area contributed by atoms with E-state index in [2.05, 4.69) is 15.6 Å². The van der Waals surface area contributed by atoms with Crippen LogP contribution in [0, 0.1) is 0 Å². The molecule has 2 atom stereocenters. The maximum Gasteiger partial charge on any atom is 0.410 e. The number of urea groups is 1. The fourth-order valence-corrected chi connectivity index (χ4v) is 6.21. The van der Waals surface area contributed by atoms with Gasteiger partial charge in [0.1, 0.15) is 26.8 Å². The number of ether oxygens (including phenoxy) is 2. The molecule has 2 aromatic carbocycles. The van der Waals surface area contributed by atoms with E-state index < -0.39 is 35.8 Å². The van der Waals surface area contributed by atoms with Gasteiger partial charge in [-0.2, -0.15) is 0 Å². The molecule has 4 heterocycles. The highest BCUT2D eigenvalue weighted by molar-refractivity contribution is 7.21. The predicted molar refractivity (Wildman–Crippen MR) is 163 cm³/mol. The van der Waals surface area contributed by atoms with Crippen molar-refractivity contribution < 1.29 is 29.0 Å². The number of nitrogens with one attached hydrogen (secondary N) is 2. The Labute approximate surface area is 252 Å². The first-order valence-corrected chi connectivity index (χ1v) is 14.7. The first kappa shape index (κ1) is 28.4. The van der Waals surface area contributed by atoms with Crippen LogP contribution in [0.3, 0.4) is 0 Å². The summed E-state index contributed by atoms with van der Waals surface area (Å²) in [6.45, 7) is 5.61. The Morgan fingerprint density at radius 1 is 1.05 bits per heavy atom. The average molecular weight is 602 g/mol. The van der Waals surface area contributed by atoms with E-state index in [0.29, 0.717) is 43.7 Å². The Morgan fingerprint density at radius 3 is 2.49 bits per heavy atom. The van der Waals surface area contributed by atoms with Crippen molar-refractivity contribution in [2.24, 2.45) is 0 Å². The zero-order valence-corrected chi connectivity index (χ0v) is 24.7. The highest BCUT2D eigenvalue weighted by Gasteiger charge is 2.36. The number of β-amino-alcohol motifs (C(OH)–C–C–N with tert-alkyl or cyclic N) is 1. The number of likely N-dealkylation sites (tertiary alicyclic amines) is 1. The number of rotatable bonds is 5. The molecule has 0 aliphatic carbocycles. The van der Waals surface area contributed by atoms with Gasteiger partial charge in [-0.25, -0.2) is 14.6 Å². The van der Waals surface area contributed by atoms with E-state index in [1.54, 1.807) is 57.3 Å². The Hall–Kier alpha value is -4.68. The van der Waals surface area contributed by atoms with Crippen molar-refractivity contribution in [1.82, 2.24) is 15.2 Å². The van der Waals surface area contributed by atoms with Crippen LogP contribution >= 0.6 is 11.3 Å².